The molecule has 3 amide bonds. The van der Waals surface area contributed by atoms with Crippen LogP contribution in [0.2, 0.25) is 0 Å². The van der Waals surface area contributed by atoms with Crippen LogP contribution in [-0.4, -0.2) is 72.6 Å². The van der Waals surface area contributed by atoms with E-state index >= 15 is 0 Å². The quantitative estimate of drug-likeness (QED) is 0.462. The lowest BCUT2D eigenvalue weighted by atomic mass is 9.82. The highest BCUT2D eigenvalue weighted by molar-refractivity contribution is 5.90. The summed E-state index contributed by atoms with van der Waals surface area (Å²) >= 11 is 0. The zero-order valence-electron chi connectivity index (χ0n) is 25.2. The fraction of sp³-hybridized carbons (Fsp3) is 0.621. The maximum absolute atomic E-state index is 14.6. The summed E-state index contributed by atoms with van der Waals surface area (Å²) in [4.78, 5) is 28.3. The maximum Gasteiger partial charge on any atom is 0.410 e. The topological polar surface area (TPSA) is 116 Å². The van der Waals surface area contributed by atoms with E-state index in [4.69, 9.17) is 24.0 Å². The van der Waals surface area contributed by atoms with Crippen molar-refractivity contribution in [3.63, 3.8) is 0 Å². The lowest BCUT2D eigenvalue weighted by Crippen LogP contribution is -2.53. The first kappa shape index (κ1) is 30.7. The predicted octanol–water partition coefficient (Wildman–Crippen LogP) is 5.08. The van der Waals surface area contributed by atoms with E-state index in [0.29, 0.717) is 46.9 Å². The van der Waals surface area contributed by atoms with Crippen LogP contribution in [-0.2, 0) is 24.5 Å². The Hall–Kier alpha value is -3.22. The van der Waals surface area contributed by atoms with Gasteiger partial charge in [-0.05, 0) is 84.1 Å². The number of urea groups is 1. The second kappa shape index (κ2) is 11.9. The van der Waals surface area contributed by atoms with E-state index in [1.807, 2.05) is 27.7 Å². The SMILES string of the molecule is COC(CNC(=O)Nc1c2c(nn1-c1cc(C)c(F)c(C)c1)C1(CCCCO1)CN(C(=O)OC(C)(C)C)[C@H]2C)OC. The van der Waals surface area contributed by atoms with Crippen molar-refractivity contribution in [2.75, 3.05) is 39.2 Å². The van der Waals surface area contributed by atoms with E-state index in [0.717, 1.165) is 12.8 Å². The Morgan fingerprint density at radius 2 is 1.85 bits per heavy atom. The number of halogens is 1. The third kappa shape index (κ3) is 6.34. The number of ether oxygens (including phenoxy) is 4. The molecule has 3 heterocycles. The zero-order valence-corrected chi connectivity index (χ0v) is 25.2. The smallest absolute Gasteiger partial charge is 0.410 e. The highest BCUT2D eigenvalue weighted by Gasteiger charge is 2.51. The first-order valence-corrected chi connectivity index (χ1v) is 13.9. The summed E-state index contributed by atoms with van der Waals surface area (Å²) in [6.07, 6.45) is 1.30. The maximum atomic E-state index is 14.6. The lowest BCUT2D eigenvalue weighted by molar-refractivity contribution is -0.117. The molecule has 4 rings (SSSR count). The number of nitrogens with zero attached hydrogens (tertiary/aromatic N) is 3. The minimum Gasteiger partial charge on any atom is -0.444 e. The fourth-order valence-corrected chi connectivity index (χ4v) is 5.46. The Bertz CT molecular complexity index is 1260. The molecule has 12 heteroatoms. The molecule has 41 heavy (non-hydrogen) atoms. The monoisotopic (exact) mass is 575 g/mol. The van der Waals surface area contributed by atoms with Crippen LogP contribution in [0.5, 0.6) is 0 Å². The van der Waals surface area contributed by atoms with Crippen LogP contribution in [0.4, 0.5) is 19.8 Å². The van der Waals surface area contributed by atoms with Crippen molar-refractivity contribution in [2.24, 2.45) is 0 Å². The van der Waals surface area contributed by atoms with Gasteiger partial charge < -0.3 is 24.3 Å². The summed E-state index contributed by atoms with van der Waals surface area (Å²) in [5.41, 5.74) is 1.14. The minimum absolute atomic E-state index is 0.0938. The summed E-state index contributed by atoms with van der Waals surface area (Å²) in [5, 5.41) is 10.7. The molecule has 0 aliphatic carbocycles. The first-order chi connectivity index (χ1) is 19.3. The number of methoxy groups -OCH3 is 2. The highest BCUT2D eigenvalue weighted by atomic mass is 19.1. The summed E-state index contributed by atoms with van der Waals surface area (Å²) in [7, 11) is 2.96. The molecular weight excluding hydrogens is 533 g/mol. The van der Waals surface area contributed by atoms with Gasteiger partial charge >= 0.3 is 12.1 Å². The van der Waals surface area contributed by atoms with Crippen LogP contribution in [0.15, 0.2) is 12.1 Å². The normalized spacial score (nSPS) is 20.7. The number of carbonyl (C=O) groups excluding carboxylic acids is 2. The molecule has 0 bridgehead atoms. The number of fused-ring (bicyclic) bond motifs is 2. The molecule has 2 aliphatic rings. The average Bonchev–Trinajstić information content (AvgIpc) is 3.29. The first-order valence-electron chi connectivity index (χ1n) is 13.9. The van der Waals surface area contributed by atoms with Crippen molar-refractivity contribution in [3.05, 3.63) is 40.3 Å². The third-order valence-electron chi connectivity index (χ3n) is 7.50. The Labute approximate surface area is 240 Å². The molecule has 0 radical (unpaired) electrons. The van der Waals surface area contributed by atoms with Crippen molar-refractivity contribution in [1.82, 2.24) is 20.0 Å². The number of aryl methyl sites for hydroxylation is 2. The number of aromatic nitrogens is 2. The van der Waals surface area contributed by atoms with Gasteiger partial charge in [0, 0.05) is 26.4 Å². The molecular formula is C29H42FN5O6. The van der Waals surface area contributed by atoms with Gasteiger partial charge in [-0.1, -0.05) is 0 Å². The van der Waals surface area contributed by atoms with Crippen molar-refractivity contribution in [1.29, 1.82) is 0 Å². The average molecular weight is 576 g/mol. The van der Waals surface area contributed by atoms with Crippen LogP contribution in [0.3, 0.4) is 0 Å². The third-order valence-corrected chi connectivity index (χ3v) is 7.50. The molecule has 2 aliphatic heterocycles. The molecule has 1 fully saturated rings. The highest BCUT2D eigenvalue weighted by Crippen LogP contribution is 2.48. The summed E-state index contributed by atoms with van der Waals surface area (Å²) in [6.45, 7) is 11.6. The summed E-state index contributed by atoms with van der Waals surface area (Å²) in [5.74, 6) is 0.0447. The molecule has 1 aromatic carbocycles. The largest absolute Gasteiger partial charge is 0.444 e. The van der Waals surface area contributed by atoms with Crippen molar-refractivity contribution in [2.45, 2.75) is 84.3 Å². The van der Waals surface area contributed by atoms with Gasteiger partial charge in [0.25, 0.3) is 0 Å². The predicted molar refractivity (Wildman–Crippen MR) is 151 cm³/mol. The van der Waals surface area contributed by atoms with Gasteiger partial charge in [0.05, 0.1) is 24.8 Å². The molecule has 0 saturated carbocycles. The Balaban J connectivity index is 1.87. The molecule has 11 nitrogen and oxygen atoms in total. The van der Waals surface area contributed by atoms with Gasteiger partial charge in [0.1, 0.15) is 28.5 Å². The van der Waals surface area contributed by atoms with Gasteiger partial charge in [0.2, 0.25) is 0 Å². The number of rotatable bonds is 6. The molecule has 1 spiro atoms. The Morgan fingerprint density at radius 1 is 1.20 bits per heavy atom. The van der Waals surface area contributed by atoms with E-state index in [1.165, 1.54) is 14.2 Å². The van der Waals surface area contributed by atoms with Crippen molar-refractivity contribution >= 4 is 17.9 Å². The lowest BCUT2D eigenvalue weighted by Gasteiger charge is -2.46. The van der Waals surface area contributed by atoms with E-state index in [2.05, 4.69) is 10.6 Å². The Kier molecular flexibility index (Phi) is 8.95. The van der Waals surface area contributed by atoms with Gasteiger partial charge in [-0.2, -0.15) is 5.10 Å². The standard InChI is InChI=1S/C29H42FN5O6/c1-17-13-20(14-18(2)23(17)30)35-25(32-26(36)31-15-21(38-7)39-8)22-19(3)34(27(37)41-28(4,5)6)16-29(24(22)33-35)11-9-10-12-40-29/h13-14,19,21H,9-12,15-16H2,1-8H3,(H2,31,32,36)/t19-,29?/m0/s1. The molecule has 1 unspecified atom stereocenters. The Morgan fingerprint density at radius 3 is 2.41 bits per heavy atom. The van der Waals surface area contributed by atoms with Crippen molar-refractivity contribution in [3.8, 4) is 5.69 Å². The second-order valence-corrected chi connectivity index (χ2v) is 11.7. The number of anilines is 1. The fourth-order valence-electron chi connectivity index (χ4n) is 5.46. The molecule has 1 aromatic heterocycles. The molecule has 226 valence electrons. The minimum atomic E-state index is -0.892. The van der Waals surface area contributed by atoms with E-state index in [9.17, 15) is 14.0 Å². The molecule has 2 atom stereocenters. The van der Waals surface area contributed by atoms with Gasteiger partial charge in [-0.15, -0.1) is 0 Å². The van der Waals surface area contributed by atoms with Gasteiger partial charge in [-0.3, -0.25) is 10.2 Å². The number of carbonyl (C=O) groups is 2. The van der Waals surface area contributed by atoms with E-state index in [1.54, 1.807) is 35.6 Å². The molecule has 1 saturated heterocycles. The second-order valence-electron chi connectivity index (χ2n) is 11.7. The summed E-state index contributed by atoms with van der Waals surface area (Å²) < 4.78 is 38.8. The number of hydrogen-bond acceptors (Lipinski definition) is 7. The number of amides is 3. The van der Waals surface area contributed by atoms with Crippen LogP contribution in [0, 0.1) is 19.7 Å². The molecule has 2 N–H and O–H groups in total. The van der Waals surface area contributed by atoms with Crippen LogP contribution in [0.25, 0.3) is 5.69 Å². The van der Waals surface area contributed by atoms with Crippen molar-refractivity contribution < 1.29 is 32.9 Å². The zero-order chi connectivity index (χ0) is 30.1. The van der Waals surface area contributed by atoms with E-state index in [-0.39, 0.29) is 18.9 Å². The number of benzene rings is 1. The van der Waals surface area contributed by atoms with Crippen LogP contribution < -0.4 is 10.6 Å². The van der Waals surface area contributed by atoms with Crippen LogP contribution >= 0.6 is 0 Å². The van der Waals surface area contributed by atoms with Crippen LogP contribution in [0.1, 0.15) is 75.4 Å². The van der Waals surface area contributed by atoms with Gasteiger partial charge in [-0.25, -0.2) is 18.7 Å². The van der Waals surface area contributed by atoms with E-state index < -0.39 is 35.7 Å². The number of nitrogens with one attached hydrogen (secondary N) is 2. The number of hydrogen-bond donors (Lipinski definition) is 2. The van der Waals surface area contributed by atoms with Gasteiger partial charge in [0.15, 0.2) is 6.29 Å². The molecule has 2 aromatic rings. The summed E-state index contributed by atoms with van der Waals surface area (Å²) in [6, 6.07) is 2.32.